The molecule has 7 nitrogen and oxygen atoms in total. The zero-order chi connectivity index (χ0) is 16.6. The molecule has 0 radical (unpaired) electrons. The maximum Gasteiger partial charge on any atom is 0.325 e. The van der Waals surface area contributed by atoms with Crippen molar-refractivity contribution < 1.29 is 14.7 Å². The van der Waals surface area contributed by atoms with Crippen molar-refractivity contribution >= 4 is 23.5 Å². The summed E-state index contributed by atoms with van der Waals surface area (Å²) in [6, 6.07) is 6.15. The zero-order valence-corrected chi connectivity index (χ0v) is 13.1. The topological polar surface area (TPSA) is 97.1 Å². The van der Waals surface area contributed by atoms with E-state index in [1.54, 1.807) is 16.8 Å². The standard InChI is InChI=1S/C15H15ClN4O3/c1-8(15(22)23)17-14(21)12-18-13(9-6-7-9)20(19-12)11-5-3-2-4-10(11)16/h2-5,8-9H,6-7H2,1H3,(H,17,21)(H,22,23). The number of benzene rings is 1. The van der Waals surface area contributed by atoms with Gasteiger partial charge >= 0.3 is 5.97 Å². The Morgan fingerprint density at radius 2 is 2.09 bits per heavy atom. The molecule has 0 aliphatic heterocycles. The fraction of sp³-hybridized carbons (Fsp3) is 0.333. The normalized spacial score (nSPS) is 15.2. The molecular formula is C15H15ClN4O3. The highest BCUT2D eigenvalue weighted by atomic mass is 35.5. The van der Waals surface area contributed by atoms with Crippen molar-refractivity contribution in [2.24, 2.45) is 0 Å². The number of amides is 1. The molecule has 1 aliphatic rings. The Kier molecular flexibility index (Phi) is 4.04. The molecule has 120 valence electrons. The van der Waals surface area contributed by atoms with Crippen LogP contribution >= 0.6 is 11.6 Å². The van der Waals surface area contributed by atoms with Gasteiger partial charge < -0.3 is 10.4 Å². The van der Waals surface area contributed by atoms with Gasteiger partial charge in [0.15, 0.2) is 0 Å². The summed E-state index contributed by atoms with van der Waals surface area (Å²) in [5, 5.41) is 16.0. The predicted molar refractivity (Wildman–Crippen MR) is 82.9 cm³/mol. The predicted octanol–water partition coefficient (Wildman–Crippen LogP) is 2.00. The lowest BCUT2D eigenvalue weighted by molar-refractivity contribution is -0.138. The minimum atomic E-state index is -1.12. The second-order valence-corrected chi connectivity index (χ2v) is 5.87. The Bertz CT molecular complexity index is 770. The van der Waals surface area contributed by atoms with Crippen molar-refractivity contribution in [3.8, 4) is 5.69 Å². The average Bonchev–Trinajstić information content (AvgIpc) is 3.26. The van der Waals surface area contributed by atoms with Crippen LogP contribution in [0, 0.1) is 0 Å². The average molecular weight is 335 g/mol. The first-order valence-corrected chi connectivity index (χ1v) is 7.60. The van der Waals surface area contributed by atoms with Crippen LogP contribution in [0.1, 0.15) is 42.1 Å². The summed E-state index contributed by atoms with van der Waals surface area (Å²) in [7, 11) is 0. The van der Waals surface area contributed by atoms with Crippen LogP contribution in [-0.4, -0.2) is 37.8 Å². The van der Waals surface area contributed by atoms with E-state index in [1.165, 1.54) is 6.92 Å². The molecule has 23 heavy (non-hydrogen) atoms. The molecule has 1 aromatic carbocycles. The first kappa shape index (κ1) is 15.5. The largest absolute Gasteiger partial charge is 0.480 e. The second-order valence-electron chi connectivity index (χ2n) is 5.46. The molecule has 1 saturated carbocycles. The van der Waals surface area contributed by atoms with E-state index in [0.29, 0.717) is 16.5 Å². The quantitative estimate of drug-likeness (QED) is 0.871. The van der Waals surface area contributed by atoms with Crippen LogP contribution in [0.15, 0.2) is 24.3 Å². The van der Waals surface area contributed by atoms with Crippen LogP contribution in [0.3, 0.4) is 0 Å². The van der Waals surface area contributed by atoms with Gasteiger partial charge in [-0.05, 0) is 31.9 Å². The van der Waals surface area contributed by atoms with E-state index < -0.39 is 17.9 Å². The van der Waals surface area contributed by atoms with Crippen LogP contribution in [0.5, 0.6) is 0 Å². The van der Waals surface area contributed by atoms with E-state index in [1.807, 2.05) is 12.1 Å². The third-order valence-electron chi connectivity index (χ3n) is 3.58. The number of nitrogens with one attached hydrogen (secondary N) is 1. The smallest absolute Gasteiger partial charge is 0.325 e. The Morgan fingerprint density at radius 1 is 1.39 bits per heavy atom. The first-order valence-electron chi connectivity index (χ1n) is 7.23. The minimum Gasteiger partial charge on any atom is -0.480 e. The Hall–Kier alpha value is -2.41. The van der Waals surface area contributed by atoms with Crippen LogP contribution in [0.25, 0.3) is 5.69 Å². The van der Waals surface area contributed by atoms with Crippen LogP contribution in [0.2, 0.25) is 5.02 Å². The first-order chi connectivity index (χ1) is 11.0. The lowest BCUT2D eigenvalue weighted by Gasteiger charge is -2.07. The Balaban J connectivity index is 1.95. The molecule has 0 spiro atoms. The number of hydrogen-bond acceptors (Lipinski definition) is 4. The molecule has 1 fully saturated rings. The lowest BCUT2D eigenvalue weighted by Crippen LogP contribution is -2.38. The number of aliphatic carboxylic acids is 1. The highest BCUT2D eigenvalue weighted by molar-refractivity contribution is 6.32. The Labute approximate surface area is 137 Å². The van der Waals surface area contributed by atoms with E-state index in [2.05, 4.69) is 15.4 Å². The minimum absolute atomic E-state index is 0.0556. The van der Waals surface area contributed by atoms with Crippen molar-refractivity contribution in [1.82, 2.24) is 20.1 Å². The van der Waals surface area contributed by atoms with Crippen LogP contribution in [0.4, 0.5) is 0 Å². The summed E-state index contributed by atoms with van der Waals surface area (Å²) < 4.78 is 1.57. The van der Waals surface area contributed by atoms with Crippen molar-refractivity contribution in [2.75, 3.05) is 0 Å². The van der Waals surface area contributed by atoms with Gasteiger partial charge in [-0.3, -0.25) is 9.59 Å². The highest BCUT2D eigenvalue weighted by Crippen LogP contribution is 2.40. The van der Waals surface area contributed by atoms with Crippen LogP contribution < -0.4 is 5.32 Å². The summed E-state index contributed by atoms with van der Waals surface area (Å²) in [6.45, 7) is 1.38. The molecule has 1 unspecified atom stereocenters. The third kappa shape index (κ3) is 3.19. The lowest BCUT2D eigenvalue weighted by atomic mass is 10.3. The molecule has 0 saturated heterocycles. The van der Waals surface area contributed by atoms with Gasteiger partial charge in [0.2, 0.25) is 5.82 Å². The maximum absolute atomic E-state index is 12.1. The number of hydrogen-bond donors (Lipinski definition) is 2. The van der Waals surface area contributed by atoms with E-state index >= 15 is 0 Å². The number of carbonyl (C=O) groups excluding carboxylic acids is 1. The SMILES string of the molecule is CC(NC(=O)c1nc(C2CC2)n(-c2ccccc2Cl)n1)C(=O)O. The number of carbonyl (C=O) groups is 2. The number of halogens is 1. The number of carboxylic acids is 1. The number of para-hydroxylation sites is 1. The number of rotatable bonds is 5. The van der Waals surface area contributed by atoms with Gasteiger partial charge in [-0.2, -0.15) is 0 Å². The van der Waals surface area contributed by atoms with Gasteiger partial charge in [-0.15, -0.1) is 5.10 Å². The van der Waals surface area contributed by atoms with Crippen molar-refractivity contribution in [3.05, 3.63) is 40.9 Å². The molecule has 1 aromatic heterocycles. The second kappa shape index (κ2) is 6.00. The zero-order valence-electron chi connectivity index (χ0n) is 12.4. The number of carboxylic acid groups (broad SMARTS) is 1. The van der Waals surface area contributed by atoms with Gasteiger partial charge in [0, 0.05) is 5.92 Å². The van der Waals surface area contributed by atoms with Gasteiger partial charge in [0.1, 0.15) is 11.9 Å². The molecule has 1 amide bonds. The number of aromatic nitrogens is 3. The van der Waals surface area contributed by atoms with Gasteiger partial charge in [-0.1, -0.05) is 23.7 Å². The summed E-state index contributed by atoms with van der Waals surface area (Å²) >= 11 is 6.20. The van der Waals surface area contributed by atoms with Crippen molar-refractivity contribution in [2.45, 2.75) is 31.7 Å². The molecule has 1 atom stereocenters. The molecule has 0 bridgehead atoms. The monoisotopic (exact) mass is 334 g/mol. The van der Waals surface area contributed by atoms with E-state index in [4.69, 9.17) is 16.7 Å². The van der Waals surface area contributed by atoms with Gasteiger partial charge in [-0.25, -0.2) is 9.67 Å². The molecule has 1 aliphatic carbocycles. The molecular weight excluding hydrogens is 320 g/mol. The Morgan fingerprint density at radius 3 is 2.70 bits per heavy atom. The molecule has 3 rings (SSSR count). The van der Waals surface area contributed by atoms with Gasteiger partial charge in [0.05, 0.1) is 10.7 Å². The van der Waals surface area contributed by atoms with E-state index in [9.17, 15) is 9.59 Å². The maximum atomic E-state index is 12.1. The summed E-state index contributed by atoms with van der Waals surface area (Å²) in [6.07, 6.45) is 1.96. The molecule has 2 N–H and O–H groups in total. The van der Waals surface area contributed by atoms with Crippen molar-refractivity contribution in [1.29, 1.82) is 0 Å². The number of nitrogens with zero attached hydrogens (tertiary/aromatic N) is 3. The molecule has 2 aromatic rings. The highest BCUT2D eigenvalue weighted by Gasteiger charge is 2.32. The van der Waals surface area contributed by atoms with Gasteiger partial charge in [0.25, 0.3) is 5.91 Å². The molecule has 1 heterocycles. The summed E-state index contributed by atoms with van der Waals surface area (Å²) in [4.78, 5) is 27.3. The third-order valence-corrected chi connectivity index (χ3v) is 3.90. The van der Waals surface area contributed by atoms with E-state index in [0.717, 1.165) is 12.8 Å². The van der Waals surface area contributed by atoms with Crippen molar-refractivity contribution in [3.63, 3.8) is 0 Å². The summed E-state index contributed by atoms with van der Waals surface area (Å²) in [5.74, 6) is -0.873. The fourth-order valence-corrected chi connectivity index (χ4v) is 2.37. The fourth-order valence-electron chi connectivity index (χ4n) is 2.15. The summed E-state index contributed by atoms with van der Waals surface area (Å²) in [5.41, 5.74) is 0.647. The molecule has 8 heteroatoms. The van der Waals surface area contributed by atoms with Crippen LogP contribution in [-0.2, 0) is 4.79 Å². The van der Waals surface area contributed by atoms with E-state index in [-0.39, 0.29) is 11.7 Å².